The number of carbonyl (C=O) groups excluding carboxylic acids is 3. The van der Waals surface area contributed by atoms with E-state index in [9.17, 15) is 14.4 Å². The Kier molecular flexibility index (Phi) is 4.70. The fraction of sp³-hybridized carbons (Fsp3) is 0.850. The monoisotopic (exact) mass is 361 g/mol. The Balaban J connectivity index is 1.42. The Morgan fingerprint density at radius 2 is 1.62 bits per heavy atom. The van der Waals surface area contributed by atoms with Crippen molar-refractivity contribution in [2.75, 3.05) is 19.6 Å². The molecule has 5 aliphatic rings. The van der Waals surface area contributed by atoms with Crippen molar-refractivity contribution in [1.82, 2.24) is 15.5 Å². The molecule has 2 N–H and O–H groups in total. The molecule has 1 atom stereocenters. The summed E-state index contributed by atoms with van der Waals surface area (Å²) in [4.78, 5) is 39.6. The van der Waals surface area contributed by atoms with Crippen LogP contribution in [0.2, 0.25) is 0 Å². The molecule has 144 valence electrons. The van der Waals surface area contributed by atoms with Crippen molar-refractivity contribution in [3.63, 3.8) is 0 Å². The van der Waals surface area contributed by atoms with Crippen molar-refractivity contribution in [3.05, 3.63) is 0 Å². The summed E-state index contributed by atoms with van der Waals surface area (Å²) in [5.41, 5.74) is -0.197. The van der Waals surface area contributed by atoms with Crippen LogP contribution in [-0.4, -0.2) is 48.3 Å². The van der Waals surface area contributed by atoms with Gasteiger partial charge >= 0.3 is 0 Å². The zero-order valence-electron chi connectivity index (χ0n) is 15.8. The summed E-state index contributed by atoms with van der Waals surface area (Å²) in [7, 11) is 0. The molecule has 0 aromatic carbocycles. The lowest BCUT2D eigenvalue weighted by Crippen LogP contribution is -2.57. The molecule has 6 nitrogen and oxygen atoms in total. The smallest absolute Gasteiger partial charge is 0.243 e. The van der Waals surface area contributed by atoms with E-state index in [-0.39, 0.29) is 29.7 Å². The minimum atomic E-state index is -0.398. The van der Waals surface area contributed by atoms with Crippen LogP contribution in [0.15, 0.2) is 0 Å². The van der Waals surface area contributed by atoms with Gasteiger partial charge in [-0.1, -0.05) is 0 Å². The molecule has 4 saturated carbocycles. The van der Waals surface area contributed by atoms with Gasteiger partial charge in [0.2, 0.25) is 17.7 Å². The zero-order valence-corrected chi connectivity index (χ0v) is 15.8. The average molecular weight is 361 g/mol. The topological polar surface area (TPSA) is 78.5 Å². The van der Waals surface area contributed by atoms with E-state index in [0.717, 1.165) is 43.4 Å². The number of rotatable bonds is 5. The Morgan fingerprint density at radius 1 is 1.00 bits per heavy atom. The standard InChI is InChI=1S/C20H31N3O3/c1-2-21-17(24)12-22-18(25)16-4-3-5-23(16)19(26)20-9-13-6-14(10-20)8-15(7-13)11-20/h13-16H,2-12H2,1H3,(H,21,24)(H,22,25). The third-order valence-electron chi connectivity index (χ3n) is 7.11. The summed E-state index contributed by atoms with van der Waals surface area (Å²) >= 11 is 0. The average Bonchev–Trinajstić information content (AvgIpc) is 3.07. The van der Waals surface area contributed by atoms with Crippen molar-refractivity contribution >= 4 is 17.7 Å². The Labute approximate surface area is 155 Å². The van der Waals surface area contributed by atoms with Gasteiger partial charge in [0.05, 0.1) is 12.0 Å². The van der Waals surface area contributed by atoms with E-state index in [4.69, 9.17) is 0 Å². The highest BCUT2D eigenvalue weighted by Crippen LogP contribution is 2.60. The van der Waals surface area contributed by atoms with E-state index in [1.807, 2.05) is 11.8 Å². The van der Waals surface area contributed by atoms with Gasteiger partial charge in [-0.25, -0.2) is 0 Å². The van der Waals surface area contributed by atoms with Crippen LogP contribution >= 0.6 is 0 Å². The molecule has 1 aliphatic heterocycles. The number of amides is 3. The molecule has 1 unspecified atom stereocenters. The first-order valence-corrected chi connectivity index (χ1v) is 10.4. The summed E-state index contributed by atoms with van der Waals surface area (Å²) in [5.74, 6) is 2.03. The highest BCUT2D eigenvalue weighted by Gasteiger charge is 2.56. The Bertz CT molecular complexity index is 568. The van der Waals surface area contributed by atoms with Crippen LogP contribution in [0.1, 0.15) is 58.3 Å². The quantitative estimate of drug-likeness (QED) is 0.778. The fourth-order valence-corrected chi connectivity index (χ4v) is 6.50. The van der Waals surface area contributed by atoms with Crippen molar-refractivity contribution in [3.8, 4) is 0 Å². The minimum Gasteiger partial charge on any atom is -0.355 e. The van der Waals surface area contributed by atoms with Crippen LogP contribution in [0.4, 0.5) is 0 Å². The van der Waals surface area contributed by atoms with Crippen LogP contribution < -0.4 is 10.6 Å². The molecule has 0 spiro atoms. The van der Waals surface area contributed by atoms with Gasteiger partial charge in [0.1, 0.15) is 6.04 Å². The zero-order chi connectivity index (χ0) is 18.3. The summed E-state index contributed by atoms with van der Waals surface area (Å²) in [6.07, 6.45) is 8.59. The summed E-state index contributed by atoms with van der Waals surface area (Å²) in [6.45, 7) is 3.07. The van der Waals surface area contributed by atoms with Gasteiger partial charge in [-0.3, -0.25) is 14.4 Å². The molecular weight excluding hydrogens is 330 g/mol. The summed E-state index contributed by atoms with van der Waals surface area (Å²) in [5, 5.41) is 5.40. The van der Waals surface area contributed by atoms with Crippen molar-refractivity contribution in [2.24, 2.45) is 23.2 Å². The third kappa shape index (κ3) is 3.12. The summed E-state index contributed by atoms with van der Waals surface area (Å²) in [6, 6.07) is -0.398. The van der Waals surface area contributed by atoms with Crippen molar-refractivity contribution in [2.45, 2.75) is 64.3 Å². The van der Waals surface area contributed by atoms with Gasteiger partial charge in [0.25, 0.3) is 0 Å². The molecule has 6 heteroatoms. The van der Waals surface area contributed by atoms with E-state index in [1.165, 1.54) is 19.3 Å². The SMILES string of the molecule is CCNC(=O)CNC(=O)C1CCCN1C(=O)C12CC3CC(CC(C3)C1)C2. The number of hydrogen-bond donors (Lipinski definition) is 2. The Morgan fingerprint density at radius 3 is 2.19 bits per heavy atom. The van der Waals surface area contributed by atoms with Crippen LogP contribution in [0.5, 0.6) is 0 Å². The van der Waals surface area contributed by atoms with E-state index in [0.29, 0.717) is 19.5 Å². The molecule has 3 amide bonds. The molecule has 0 aromatic rings. The van der Waals surface area contributed by atoms with E-state index in [1.54, 1.807) is 0 Å². The number of hydrogen-bond acceptors (Lipinski definition) is 3. The van der Waals surface area contributed by atoms with Gasteiger partial charge in [-0.05, 0) is 76.0 Å². The molecule has 5 fully saturated rings. The van der Waals surface area contributed by atoms with Crippen molar-refractivity contribution < 1.29 is 14.4 Å². The molecule has 5 rings (SSSR count). The highest BCUT2D eigenvalue weighted by molar-refractivity contribution is 5.92. The van der Waals surface area contributed by atoms with Gasteiger partial charge in [0, 0.05) is 13.1 Å². The molecule has 26 heavy (non-hydrogen) atoms. The van der Waals surface area contributed by atoms with Crippen LogP contribution in [0.3, 0.4) is 0 Å². The van der Waals surface area contributed by atoms with E-state index < -0.39 is 6.04 Å². The largest absolute Gasteiger partial charge is 0.355 e. The van der Waals surface area contributed by atoms with Gasteiger partial charge < -0.3 is 15.5 Å². The molecule has 0 radical (unpaired) electrons. The number of nitrogens with zero attached hydrogens (tertiary/aromatic N) is 1. The molecule has 4 bridgehead atoms. The second kappa shape index (κ2) is 6.86. The lowest BCUT2D eigenvalue weighted by molar-refractivity contribution is -0.160. The fourth-order valence-electron chi connectivity index (χ4n) is 6.50. The number of likely N-dealkylation sites (tertiary alicyclic amines) is 1. The van der Waals surface area contributed by atoms with Gasteiger partial charge in [0.15, 0.2) is 0 Å². The number of carbonyl (C=O) groups is 3. The lowest BCUT2D eigenvalue weighted by atomic mass is 9.49. The normalized spacial score (nSPS) is 37.7. The molecule has 4 aliphatic carbocycles. The van der Waals surface area contributed by atoms with Crippen LogP contribution in [0.25, 0.3) is 0 Å². The maximum atomic E-state index is 13.5. The maximum absolute atomic E-state index is 13.5. The molecular formula is C20H31N3O3. The van der Waals surface area contributed by atoms with Gasteiger partial charge in [-0.15, -0.1) is 0 Å². The van der Waals surface area contributed by atoms with Crippen LogP contribution in [-0.2, 0) is 14.4 Å². The Hall–Kier alpha value is -1.59. The first-order chi connectivity index (χ1) is 12.5. The first kappa shape index (κ1) is 17.8. The van der Waals surface area contributed by atoms with Gasteiger partial charge in [-0.2, -0.15) is 0 Å². The van der Waals surface area contributed by atoms with E-state index in [2.05, 4.69) is 10.6 Å². The summed E-state index contributed by atoms with van der Waals surface area (Å²) < 4.78 is 0. The third-order valence-corrected chi connectivity index (χ3v) is 7.11. The minimum absolute atomic E-state index is 0.0113. The molecule has 0 aromatic heterocycles. The highest BCUT2D eigenvalue weighted by atomic mass is 16.2. The second-order valence-corrected chi connectivity index (χ2v) is 9.03. The predicted octanol–water partition coefficient (Wildman–Crippen LogP) is 1.45. The lowest BCUT2D eigenvalue weighted by Gasteiger charge is -2.56. The first-order valence-electron chi connectivity index (χ1n) is 10.4. The molecule has 1 saturated heterocycles. The van der Waals surface area contributed by atoms with Crippen molar-refractivity contribution in [1.29, 1.82) is 0 Å². The predicted molar refractivity (Wildman–Crippen MR) is 97.0 cm³/mol. The van der Waals surface area contributed by atoms with E-state index >= 15 is 0 Å². The maximum Gasteiger partial charge on any atom is 0.243 e. The second-order valence-electron chi connectivity index (χ2n) is 9.03. The van der Waals surface area contributed by atoms with Crippen LogP contribution in [0, 0.1) is 23.2 Å². The number of nitrogens with one attached hydrogen (secondary N) is 2. The molecule has 1 heterocycles. The number of likely N-dealkylation sites (N-methyl/N-ethyl adjacent to an activating group) is 1.